The van der Waals surface area contributed by atoms with Gasteiger partial charge in [0.15, 0.2) is 5.76 Å². The molecule has 1 unspecified atom stereocenters. The first kappa shape index (κ1) is 22.8. The maximum absolute atomic E-state index is 13.1. The summed E-state index contributed by atoms with van der Waals surface area (Å²) in [6, 6.07) is 10.3. The number of amides is 3. The van der Waals surface area contributed by atoms with Crippen LogP contribution < -0.4 is 10.2 Å². The molecule has 3 heterocycles. The van der Waals surface area contributed by atoms with Crippen LogP contribution in [0.15, 0.2) is 47.1 Å². The van der Waals surface area contributed by atoms with Gasteiger partial charge in [-0.15, -0.1) is 0 Å². The Labute approximate surface area is 193 Å². The second-order valence-corrected chi connectivity index (χ2v) is 8.38. The van der Waals surface area contributed by atoms with Crippen molar-refractivity contribution >= 4 is 29.1 Å². The Morgan fingerprint density at radius 2 is 1.82 bits per heavy atom. The van der Waals surface area contributed by atoms with Crippen LogP contribution in [0, 0.1) is 0 Å². The molecule has 4 rings (SSSR count). The molecule has 3 amide bonds. The van der Waals surface area contributed by atoms with Crippen LogP contribution in [0.25, 0.3) is 0 Å². The fourth-order valence-corrected chi connectivity index (χ4v) is 4.30. The lowest BCUT2D eigenvalue weighted by Crippen LogP contribution is -2.53. The van der Waals surface area contributed by atoms with E-state index in [2.05, 4.69) is 10.2 Å². The number of likely N-dealkylation sites (tertiary alicyclic amines) is 1. The van der Waals surface area contributed by atoms with E-state index in [4.69, 9.17) is 9.15 Å². The van der Waals surface area contributed by atoms with Crippen LogP contribution in [-0.4, -0.2) is 80.0 Å². The highest BCUT2D eigenvalue weighted by atomic mass is 16.5. The summed E-state index contributed by atoms with van der Waals surface area (Å²) in [5.41, 5.74) is 1.76. The molecule has 2 aliphatic heterocycles. The summed E-state index contributed by atoms with van der Waals surface area (Å²) < 4.78 is 10.6. The molecule has 2 fully saturated rings. The summed E-state index contributed by atoms with van der Waals surface area (Å²) in [7, 11) is 1.59. The van der Waals surface area contributed by atoms with Crippen molar-refractivity contribution in [1.29, 1.82) is 0 Å². The molecule has 33 heavy (non-hydrogen) atoms. The summed E-state index contributed by atoms with van der Waals surface area (Å²) in [5.74, 6) is -0.607. The van der Waals surface area contributed by atoms with Crippen molar-refractivity contribution in [2.75, 3.05) is 56.7 Å². The number of morpholine rings is 1. The molecule has 2 aromatic rings. The lowest BCUT2D eigenvalue weighted by molar-refractivity contribution is -0.138. The SMILES string of the molecule is CN(CC(=O)Nc1ccc(N2CCOCC2)cc1)C(=O)C1CCCCN1C(=O)c1ccco1. The number of rotatable bonds is 6. The van der Waals surface area contributed by atoms with Gasteiger partial charge in [-0.05, 0) is 55.7 Å². The van der Waals surface area contributed by atoms with Gasteiger partial charge in [-0.1, -0.05) is 0 Å². The molecule has 2 saturated heterocycles. The molecule has 9 nitrogen and oxygen atoms in total. The second-order valence-electron chi connectivity index (χ2n) is 8.38. The van der Waals surface area contributed by atoms with E-state index in [1.807, 2.05) is 24.3 Å². The minimum atomic E-state index is -0.595. The summed E-state index contributed by atoms with van der Waals surface area (Å²) in [6.07, 6.45) is 3.70. The molecule has 2 aliphatic rings. The van der Waals surface area contributed by atoms with Crippen molar-refractivity contribution in [3.63, 3.8) is 0 Å². The zero-order chi connectivity index (χ0) is 23.2. The Hall–Kier alpha value is -3.33. The molecule has 1 aromatic carbocycles. The molecule has 0 saturated carbocycles. The van der Waals surface area contributed by atoms with Gasteiger partial charge in [0.25, 0.3) is 5.91 Å². The van der Waals surface area contributed by atoms with Crippen molar-refractivity contribution in [3.8, 4) is 0 Å². The van der Waals surface area contributed by atoms with E-state index >= 15 is 0 Å². The van der Waals surface area contributed by atoms with E-state index in [0.29, 0.717) is 31.9 Å². The summed E-state index contributed by atoms with van der Waals surface area (Å²) >= 11 is 0. The van der Waals surface area contributed by atoms with Crippen molar-refractivity contribution in [3.05, 3.63) is 48.4 Å². The first-order valence-electron chi connectivity index (χ1n) is 11.3. The predicted octanol–water partition coefficient (Wildman–Crippen LogP) is 2.21. The van der Waals surface area contributed by atoms with E-state index in [-0.39, 0.29) is 30.0 Å². The van der Waals surface area contributed by atoms with E-state index in [1.165, 1.54) is 11.2 Å². The Balaban J connectivity index is 1.32. The lowest BCUT2D eigenvalue weighted by Gasteiger charge is -2.36. The maximum Gasteiger partial charge on any atom is 0.290 e. The quantitative estimate of drug-likeness (QED) is 0.719. The number of furan rings is 1. The first-order valence-corrected chi connectivity index (χ1v) is 11.3. The molecule has 0 aliphatic carbocycles. The van der Waals surface area contributed by atoms with Gasteiger partial charge in [-0.25, -0.2) is 0 Å². The molecule has 0 spiro atoms. The Morgan fingerprint density at radius 1 is 1.06 bits per heavy atom. The molecule has 0 bridgehead atoms. The number of anilines is 2. The molecular formula is C24H30N4O5. The molecule has 1 N–H and O–H groups in total. The highest BCUT2D eigenvalue weighted by molar-refractivity contribution is 5.98. The number of likely N-dealkylation sites (N-methyl/N-ethyl adjacent to an activating group) is 1. The van der Waals surface area contributed by atoms with Crippen LogP contribution in [0.3, 0.4) is 0 Å². The van der Waals surface area contributed by atoms with E-state index < -0.39 is 6.04 Å². The number of hydrogen-bond acceptors (Lipinski definition) is 6. The largest absolute Gasteiger partial charge is 0.459 e. The fourth-order valence-electron chi connectivity index (χ4n) is 4.30. The topological polar surface area (TPSA) is 95.3 Å². The van der Waals surface area contributed by atoms with Crippen LogP contribution >= 0.6 is 0 Å². The highest BCUT2D eigenvalue weighted by Gasteiger charge is 2.35. The minimum Gasteiger partial charge on any atom is -0.459 e. The summed E-state index contributed by atoms with van der Waals surface area (Å²) in [4.78, 5) is 43.6. The number of carbonyl (C=O) groups is 3. The lowest BCUT2D eigenvalue weighted by atomic mass is 10.0. The smallest absolute Gasteiger partial charge is 0.290 e. The minimum absolute atomic E-state index is 0.0939. The number of hydrogen-bond donors (Lipinski definition) is 1. The fraction of sp³-hybridized carbons (Fsp3) is 0.458. The third kappa shape index (κ3) is 5.54. The predicted molar refractivity (Wildman–Crippen MR) is 123 cm³/mol. The van der Waals surface area contributed by atoms with Gasteiger partial charge in [0.2, 0.25) is 11.8 Å². The zero-order valence-electron chi connectivity index (χ0n) is 18.9. The maximum atomic E-state index is 13.1. The first-order chi connectivity index (χ1) is 16.0. The number of benzene rings is 1. The number of nitrogens with zero attached hydrogens (tertiary/aromatic N) is 3. The Kier molecular flexibility index (Phi) is 7.29. The zero-order valence-corrected chi connectivity index (χ0v) is 18.9. The Morgan fingerprint density at radius 3 is 2.52 bits per heavy atom. The Bertz CT molecular complexity index is 954. The van der Waals surface area contributed by atoms with Gasteiger partial charge in [-0.2, -0.15) is 0 Å². The average Bonchev–Trinajstić information content (AvgIpc) is 3.39. The number of nitrogens with one attached hydrogen (secondary N) is 1. The van der Waals surface area contributed by atoms with Crippen molar-refractivity contribution < 1.29 is 23.5 Å². The van der Waals surface area contributed by atoms with Crippen molar-refractivity contribution in [2.45, 2.75) is 25.3 Å². The van der Waals surface area contributed by atoms with Crippen LogP contribution in [-0.2, 0) is 14.3 Å². The van der Waals surface area contributed by atoms with Gasteiger partial charge in [0.1, 0.15) is 6.04 Å². The average molecular weight is 455 g/mol. The molecule has 9 heteroatoms. The second kappa shape index (κ2) is 10.5. The third-order valence-corrected chi connectivity index (χ3v) is 6.06. The number of piperidine rings is 1. The van der Waals surface area contributed by atoms with Crippen LogP contribution in [0.1, 0.15) is 29.8 Å². The van der Waals surface area contributed by atoms with Gasteiger partial charge in [0.05, 0.1) is 26.0 Å². The van der Waals surface area contributed by atoms with Crippen LogP contribution in [0.4, 0.5) is 11.4 Å². The molecule has 176 valence electrons. The van der Waals surface area contributed by atoms with Crippen molar-refractivity contribution in [2.24, 2.45) is 0 Å². The van der Waals surface area contributed by atoms with Gasteiger partial charge in [-0.3, -0.25) is 14.4 Å². The van der Waals surface area contributed by atoms with Gasteiger partial charge < -0.3 is 29.2 Å². The standard InChI is InChI=1S/C24H30N4O5/c1-26(23(30)20-5-2-3-11-28(20)24(31)21-6-4-14-33-21)17-22(29)25-18-7-9-19(10-8-18)27-12-15-32-16-13-27/h4,6-10,14,20H,2-3,5,11-13,15-17H2,1H3,(H,25,29). The molecule has 1 atom stereocenters. The molecule has 1 aromatic heterocycles. The molecular weight excluding hydrogens is 424 g/mol. The van der Waals surface area contributed by atoms with Gasteiger partial charge >= 0.3 is 0 Å². The van der Waals surface area contributed by atoms with Crippen LogP contribution in [0.2, 0.25) is 0 Å². The third-order valence-electron chi connectivity index (χ3n) is 6.06. The highest BCUT2D eigenvalue weighted by Crippen LogP contribution is 2.22. The number of ether oxygens (including phenoxy) is 1. The summed E-state index contributed by atoms with van der Waals surface area (Å²) in [6.45, 7) is 3.52. The van der Waals surface area contributed by atoms with Gasteiger partial charge in [0, 0.05) is 38.1 Å². The van der Waals surface area contributed by atoms with E-state index in [1.54, 1.807) is 24.1 Å². The summed E-state index contributed by atoms with van der Waals surface area (Å²) in [5, 5.41) is 2.85. The molecule has 0 radical (unpaired) electrons. The number of carbonyl (C=O) groups excluding carboxylic acids is 3. The van der Waals surface area contributed by atoms with E-state index in [9.17, 15) is 14.4 Å². The van der Waals surface area contributed by atoms with Crippen molar-refractivity contribution in [1.82, 2.24) is 9.80 Å². The van der Waals surface area contributed by atoms with E-state index in [0.717, 1.165) is 31.6 Å². The monoisotopic (exact) mass is 454 g/mol. The normalized spacial score (nSPS) is 18.6. The van der Waals surface area contributed by atoms with Crippen LogP contribution in [0.5, 0.6) is 0 Å².